The molecule has 6 rings (SSSR count). The number of piperidine rings is 1. The number of amides is 2. The van der Waals surface area contributed by atoms with Crippen molar-refractivity contribution in [3.05, 3.63) is 30.0 Å². The third-order valence-corrected chi connectivity index (χ3v) is 7.81. The van der Waals surface area contributed by atoms with Crippen LogP contribution in [0, 0.1) is 0 Å². The van der Waals surface area contributed by atoms with Crippen LogP contribution in [-0.4, -0.2) is 91.0 Å². The lowest BCUT2D eigenvalue weighted by atomic mass is 9.91. The van der Waals surface area contributed by atoms with Gasteiger partial charge in [0.2, 0.25) is 5.91 Å². The first-order chi connectivity index (χ1) is 21.9. The van der Waals surface area contributed by atoms with Crippen LogP contribution >= 0.6 is 0 Å². The van der Waals surface area contributed by atoms with Crippen LogP contribution < -0.4 is 11.5 Å². The van der Waals surface area contributed by atoms with Crippen LogP contribution in [0.3, 0.4) is 0 Å². The van der Waals surface area contributed by atoms with Gasteiger partial charge >= 0.3 is 12.1 Å². The van der Waals surface area contributed by atoms with E-state index in [-0.39, 0.29) is 31.7 Å². The van der Waals surface area contributed by atoms with Crippen LogP contribution in [0.2, 0.25) is 0 Å². The summed E-state index contributed by atoms with van der Waals surface area (Å²) in [4.78, 5) is 52.0. The van der Waals surface area contributed by atoms with Gasteiger partial charge < -0.3 is 30.7 Å². The number of carboxylic acid groups (broad SMARTS) is 1. The molecular weight excluding hydrogens is 607 g/mol. The first-order valence-electron chi connectivity index (χ1n) is 15.1. The highest BCUT2D eigenvalue weighted by Crippen LogP contribution is 2.48. The Bertz CT molecular complexity index is 1740. The predicted molar refractivity (Wildman–Crippen MR) is 171 cm³/mol. The van der Waals surface area contributed by atoms with Crippen LogP contribution in [0.1, 0.15) is 83.0 Å². The summed E-state index contributed by atoms with van der Waals surface area (Å²) < 4.78 is 12.5. The number of primary amides is 1. The van der Waals surface area contributed by atoms with E-state index in [0.29, 0.717) is 72.0 Å². The minimum Gasteiger partial charge on any atom is -0.479 e. The van der Waals surface area contributed by atoms with E-state index in [1.54, 1.807) is 6.92 Å². The molecule has 5 N–H and O–H groups in total. The van der Waals surface area contributed by atoms with Gasteiger partial charge in [-0.3, -0.25) is 4.79 Å². The Morgan fingerprint density at radius 1 is 1.02 bits per heavy atom. The van der Waals surface area contributed by atoms with E-state index < -0.39 is 18.7 Å². The molecule has 1 aliphatic carbocycles. The molecule has 4 aromatic heterocycles. The SMILES string of the molecule is CC(C)(C)n1nc(-c2noc(C3CC3)c2-c2ncc(C3CCN(C(=O)OCC(=O)O)CC3)cn2)c2c(N)ncnc21.CCC(N)=O.[B]. The monoisotopic (exact) mass is 645 g/mol. The van der Waals surface area contributed by atoms with Crippen molar-refractivity contribution in [3.8, 4) is 22.8 Å². The van der Waals surface area contributed by atoms with E-state index in [4.69, 9.17) is 35.2 Å². The number of carboxylic acids is 1. The van der Waals surface area contributed by atoms with Gasteiger partial charge in [-0.2, -0.15) is 5.10 Å². The molecule has 247 valence electrons. The van der Waals surface area contributed by atoms with Crippen molar-refractivity contribution in [2.24, 2.45) is 5.73 Å². The van der Waals surface area contributed by atoms with Gasteiger partial charge in [-0.1, -0.05) is 12.1 Å². The van der Waals surface area contributed by atoms with E-state index in [2.05, 4.69) is 20.9 Å². The van der Waals surface area contributed by atoms with Crippen LogP contribution in [0.5, 0.6) is 0 Å². The number of hydrogen-bond acceptors (Lipinski definition) is 12. The molecule has 5 heterocycles. The first-order valence-corrected chi connectivity index (χ1v) is 15.1. The predicted octanol–water partition coefficient (Wildman–Crippen LogP) is 3.05. The molecule has 1 saturated carbocycles. The number of likely N-dealkylation sites (tertiary alicyclic amines) is 1. The molecule has 16 nitrogen and oxygen atoms in total. The van der Waals surface area contributed by atoms with Gasteiger partial charge in [-0.15, -0.1) is 0 Å². The summed E-state index contributed by atoms with van der Waals surface area (Å²) in [5.41, 5.74) is 13.9. The Morgan fingerprint density at radius 3 is 2.21 bits per heavy atom. The fourth-order valence-electron chi connectivity index (χ4n) is 5.20. The molecule has 4 aromatic rings. The van der Waals surface area contributed by atoms with Crippen LogP contribution in [0.15, 0.2) is 23.2 Å². The summed E-state index contributed by atoms with van der Waals surface area (Å²) in [5, 5.41) is 18.7. The third-order valence-electron chi connectivity index (χ3n) is 7.81. The highest BCUT2D eigenvalue weighted by molar-refractivity contribution is 6.00. The molecule has 1 saturated heterocycles. The molecule has 1 aliphatic heterocycles. The molecule has 0 unspecified atom stereocenters. The van der Waals surface area contributed by atoms with Gasteiger partial charge in [0, 0.05) is 46.2 Å². The number of carbonyl (C=O) groups is 3. The Kier molecular flexibility index (Phi) is 10.5. The highest BCUT2D eigenvalue weighted by Gasteiger charge is 2.36. The van der Waals surface area contributed by atoms with E-state index >= 15 is 0 Å². The number of nitrogens with two attached hydrogens (primary N) is 2. The minimum absolute atomic E-state index is 0. The van der Waals surface area contributed by atoms with Crippen molar-refractivity contribution in [2.45, 2.75) is 77.2 Å². The van der Waals surface area contributed by atoms with E-state index in [9.17, 15) is 14.4 Å². The molecule has 2 aliphatic rings. The Balaban J connectivity index is 0.000000776. The van der Waals surface area contributed by atoms with Gasteiger partial charge in [-0.25, -0.2) is 34.2 Å². The van der Waals surface area contributed by atoms with Crippen LogP contribution in [-0.2, 0) is 19.9 Å². The lowest BCUT2D eigenvalue weighted by Gasteiger charge is -2.31. The fraction of sp³-hybridized carbons (Fsp3) is 0.500. The molecular formula is C30H38BN10O6. The molecule has 0 aromatic carbocycles. The zero-order chi connectivity index (χ0) is 33.2. The Labute approximate surface area is 272 Å². The quantitative estimate of drug-likeness (QED) is 0.246. The maximum atomic E-state index is 12.1. The van der Waals surface area contributed by atoms with Gasteiger partial charge in [0.15, 0.2) is 23.8 Å². The topological polar surface area (TPSA) is 231 Å². The lowest BCUT2D eigenvalue weighted by Crippen LogP contribution is -2.39. The normalized spacial score (nSPS) is 15.0. The summed E-state index contributed by atoms with van der Waals surface area (Å²) in [6.45, 7) is 8.10. The number of nitrogen functional groups attached to an aromatic ring is 1. The minimum atomic E-state index is -1.18. The first kappa shape index (κ1) is 34.8. The zero-order valence-electron chi connectivity index (χ0n) is 26.8. The Hall–Kier alpha value is -5.09. The van der Waals surface area contributed by atoms with Crippen molar-refractivity contribution in [1.82, 2.24) is 39.8 Å². The maximum absolute atomic E-state index is 12.1. The molecule has 17 heteroatoms. The Morgan fingerprint density at radius 2 is 1.66 bits per heavy atom. The summed E-state index contributed by atoms with van der Waals surface area (Å²) >= 11 is 0. The van der Waals surface area contributed by atoms with Gasteiger partial charge in [0.05, 0.1) is 16.5 Å². The number of fused-ring (bicyclic) bond motifs is 1. The van der Waals surface area contributed by atoms with Gasteiger partial charge in [0.1, 0.15) is 23.5 Å². The smallest absolute Gasteiger partial charge is 0.410 e. The molecule has 2 amide bonds. The van der Waals surface area contributed by atoms with Crippen LogP contribution in [0.4, 0.5) is 10.6 Å². The number of aromatic nitrogens is 7. The number of nitrogens with zero attached hydrogens (tertiary/aromatic N) is 8. The fourth-order valence-corrected chi connectivity index (χ4v) is 5.20. The van der Waals surface area contributed by atoms with Gasteiger partial charge in [0.25, 0.3) is 0 Å². The van der Waals surface area contributed by atoms with Gasteiger partial charge in [-0.05, 0) is 57.9 Å². The van der Waals surface area contributed by atoms with Crippen molar-refractivity contribution in [1.29, 1.82) is 0 Å². The largest absolute Gasteiger partial charge is 0.479 e. The van der Waals surface area contributed by atoms with E-state index in [1.165, 1.54) is 11.2 Å². The molecule has 3 radical (unpaired) electrons. The molecule has 0 atom stereocenters. The second kappa shape index (κ2) is 14.1. The van der Waals surface area contributed by atoms with E-state index in [1.807, 2.05) is 37.8 Å². The average molecular weight is 646 g/mol. The van der Waals surface area contributed by atoms with Crippen LogP contribution in [0.25, 0.3) is 33.8 Å². The molecule has 0 bridgehead atoms. The van der Waals surface area contributed by atoms with Crippen molar-refractivity contribution in [3.63, 3.8) is 0 Å². The number of rotatable bonds is 7. The number of carbonyl (C=O) groups excluding carboxylic acids is 2. The summed E-state index contributed by atoms with van der Waals surface area (Å²) in [6, 6.07) is 0. The second-order valence-electron chi connectivity index (χ2n) is 12.3. The maximum Gasteiger partial charge on any atom is 0.410 e. The number of hydrogen-bond donors (Lipinski definition) is 3. The number of aliphatic carboxylic acids is 1. The highest BCUT2D eigenvalue weighted by atomic mass is 16.6. The van der Waals surface area contributed by atoms with Crippen molar-refractivity contribution >= 4 is 43.2 Å². The second-order valence-corrected chi connectivity index (χ2v) is 12.3. The number of anilines is 1. The average Bonchev–Trinajstić information content (AvgIpc) is 3.65. The standard InChI is InChI=1S/C27H31N9O5.C3H7NO.B/c1-27(2,3)36-25-19(23(28)31-13-32-25)20(33-36)21-18(22(41-34-21)15-4-5-15)24-29-10-16(11-30-24)14-6-8-35(9-7-14)26(39)40-12-17(37)38;1-2-3(4)5;/h10-11,13-15H,4-9,12H2,1-3H3,(H,37,38)(H2,28,31,32);2H2,1H3,(H2,4,5);. The summed E-state index contributed by atoms with van der Waals surface area (Å²) in [6.07, 6.45) is 8.24. The third kappa shape index (κ3) is 7.66. The zero-order valence-corrected chi connectivity index (χ0v) is 26.8. The molecule has 47 heavy (non-hydrogen) atoms. The summed E-state index contributed by atoms with van der Waals surface area (Å²) in [7, 11) is 0. The van der Waals surface area contributed by atoms with Crippen molar-refractivity contribution < 1.29 is 28.8 Å². The summed E-state index contributed by atoms with van der Waals surface area (Å²) in [5.74, 6) is 0.482. The number of ether oxygens (including phenoxy) is 1. The van der Waals surface area contributed by atoms with E-state index in [0.717, 1.165) is 24.2 Å². The van der Waals surface area contributed by atoms with Crippen molar-refractivity contribution in [2.75, 3.05) is 25.4 Å². The molecule has 2 fully saturated rings. The molecule has 0 spiro atoms. The lowest BCUT2D eigenvalue weighted by molar-refractivity contribution is -0.140.